The van der Waals surface area contributed by atoms with E-state index in [-0.39, 0.29) is 28.8 Å². The largest absolute Gasteiger partial charge is 0.489 e. The maximum atomic E-state index is 12.0. The van der Waals surface area contributed by atoms with E-state index >= 15 is 0 Å². The van der Waals surface area contributed by atoms with Crippen molar-refractivity contribution in [3.63, 3.8) is 0 Å². The second-order valence-electron chi connectivity index (χ2n) is 12.2. The van der Waals surface area contributed by atoms with Gasteiger partial charge in [-0.2, -0.15) is 0 Å². The lowest BCUT2D eigenvalue weighted by atomic mass is 9.77. The highest BCUT2D eigenvalue weighted by Gasteiger charge is 2.67. The van der Waals surface area contributed by atoms with Crippen molar-refractivity contribution < 1.29 is 24.1 Å². The SMILES string of the molecule is COc1cc(-c2ccc(COc3ccc4c(c3)[C@@]3(CCC4)[C@H](C(=O)O)[C@@H]3C)cc2[C@H](OC)C(C)(C)C)c(Cl)cn1. The minimum Gasteiger partial charge on any atom is -0.489 e. The Bertz CT molecular complexity index is 1430. The van der Waals surface area contributed by atoms with Crippen LogP contribution in [-0.2, 0) is 28.0 Å². The molecule has 7 heteroatoms. The van der Waals surface area contributed by atoms with Crippen LogP contribution in [-0.4, -0.2) is 30.3 Å². The van der Waals surface area contributed by atoms with Crippen LogP contribution >= 0.6 is 11.6 Å². The van der Waals surface area contributed by atoms with Crippen molar-refractivity contribution in [3.05, 3.63) is 75.9 Å². The lowest BCUT2D eigenvalue weighted by Gasteiger charge is -2.32. The maximum absolute atomic E-state index is 12.0. The molecule has 0 radical (unpaired) electrons. The monoisotopic (exact) mass is 563 g/mol. The van der Waals surface area contributed by atoms with Crippen LogP contribution in [0.3, 0.4) is 0 Å². The number of carboxylic acids is 1. The van der Waals surface area contributed by atoms with Gasteiger partial charge < -0.3 is 19.3 Å². The van der Waals surface area contributed by atoms with Gasteiger partial charge >= 0.3 is 5.97 Å². The highest BCUT2D eigenvalue weighted by Crippen LogP contribution is 2.65. The first-order chi connectivity index (χ1) is 19.0. The zero-order valence-electron chi connectivity index (χ0n) is 24.1. The molecule has 0 unspecified atom stereocenters. The van der Waals surface area contributed by atoms with Gasteiger partial charge in [-0.1, -0.05) is 57.5 Å². The fraction of sp³-hybridized carbons (Fsp3) is 0.455. The van der Waals surface area contributed by atoms with Crippen molar-refractivity contribution in [2.45, 2.75) is 65.1 Å². The third kappa shape index (κ3) is 4.97. The molecule has 1 aromatic heterocycles. The van der Waals surface area contributed by atoms with Crippen molar-refractivity contribution in [1.29, 1.82) is 0 Å². The molecule has 1 heterocycles. The molecule has 2 aliphatic rings. The molecule has 2 aromatic carbocycles. The van der Waals surface area contributed by atoms with Gasteiger partial charge in [0.15, 0.2) is 0 Å². The van der Waals surface area contributed by atoms with Crippen LogP contribution in [0.25, 0.3) is 11.1 Å². The minimum atomic E-state index is -0.697. The first-order valence-electron chi connectivity index (χ1n) is 13.9. The molecular weight excluding hydrogens is 526 g/mol. The number of ether oxygens (including phenoxy) is 3. The van der Waals surface area contributed by atoms with E-state index in [0.29, 0.717) is 17.5 Å². The summed E-state index contributed by atoms with van der Waals surface area (Å²) < 4.78 is 17.7. The van der Waals surface area contributed by atoms with Gasteiger partial charge in [0.2, 0.25) is 5.88 Å². The third-order valence-electron chi connectivity index (χ3n) is 8.80. The molecule has 1 fully saturated rings. The lowest BCUT2D eigenvalue weighted by Crippen LogP contribution is -2.22. The fourth-order valence-electron chi connectivity index (χ4n) is 6.88. The number of pyridine rings is 1. The minimum absolute atomic E-state index is 0.136. The average molecular weight is 564 g/mol. The number of aliphatic carboxylic acids is 1. The number of hydrogen-bond acceptors (Lipinski definition) is 5. The van der Waals surface area contributed by atoms with E-state index in [1.807, 2.05) is 18.2 Å². The molecule has 5 rings (SSSR count). The second-order valence-corrected chi connectivity index (χ2v) is 12.6. The van der Waals surface area contributed by atoms with Gasteiger partial charge in [-0.3, -0.25) is 4.79 Å². The van der Waals surface area contributed by atoms with Gasteiger partial charge in [-0.05, 0) is 76.6 Å². The van der Waals surface area contributed by atoms with Crippen molar-refractivity contribution in [2.24, 2.45) is 17.3 Å². The molecule has 1 saturated carbocycles. The highest BCUT2D eigenvalue weighted by atomic mass is 35.5. The summed E-state index contributed by atoms with van der Waals surface area (Å²) in [4.78, 5) is 16.2. The zero-order chi connectivity index (χ0) is 28.8. The summed E-state index contributed by atoms with van der Waals surface area (Å²) in [5.41, 5.74) is 5.74. The smallest absolute Gasteiger partial charge is 0.307 e. The first-order valence-corrected chi connectivity index (χ1v) is 14.2. The topological polar surface area (TPSA) is 77.9 Å². The molecule has 0 saturated heterocycles. The highest BCUT2D eigenvalue weighted by molar-refractivity contribution is 6.33. The number of rotatable bonds is 8. The number of benzene rings is 2. The summed E-state index contributed by atoms with van der Waals surface area (Å²) in [5, 5.41) is 10.4. The van der Waals surface area contributed by atoms with E-state index in [9.17, 15) is 9.90 Å². The molecule has 1 N–H and O–H groups in total. The van der Waals surface area contributed by atoms with Gasteiger partial charge in [0.05, 0.1) is 30.4 Å². The maximum Gasteiger partial charge on any atom is 0.307 e. The summed E-state index contributed by atoms with van der Waals surface area (Å²) in [6, 6.07) is 14.3. The molecule has 40 heavy (non-hydrogen) atoms. The van der Waals surface area contributed by atoms with Crippen LogP contribution < -0.4 is 9.47 Å². The molecule has 2 aliphatic carbocycles. The van der Waals surface area contributed by atoms with Crippen molar-refractivity contribution in [2.75, 3.05) is 14.2 Å². The molecule has 0 amide bonds. The number of carbonyl (C=O) groups is 1. The molecule has 0 bridgehead atoms. The van der Waals surface area contributed by atoms with Gasteiger partial charge in [0.1, 0.15) is 12.4 Å². The van der Waals surface area contributed by atoms with E-state index in [0.717, 1.165) is 52.8 Å². The van der Waals surface area contributed by atoms with Crippen LogP contribution in [0.15, 0.2) is 48.7 Å². The van der Waals surface area contributed by atoms with E-state index < -0.39 is 5.97 Å². The number of methoxy groups -OCH3 is 2. The third-order valence-corrected chi connectivity index (χ3v) is 9.10. The van der Waals surface area contributed by atoms with Gasteiger partial charge in [-0.15, -0.1) is 0 Å². The van der Waals surface area contributed by atoms with Gasteiger partial charge in [0, 0.05) is 24.2 Å². The summed E-state index contributed by atoms with van der Waals surface area (Å²) in [5.74, 6) is 0.366. The number of carboxylic acid groups (broad SMARTS) is 1. The first kappa shape index (κ1) is 28.4. The Kier molecular flexibility index (Phi) is 7.62. The Morgan fingerprint density at radius 3 is 2.58 bits per heavy atom. The van der Waals surface area contributed by atoms with Crippen LogP contribution in [0.4, 0.5) is 0 Å². The second kappa shape index (κ2) is 10.7. The van der Waals surface area contributed by atoms with Gasteiger partial charge in [0.25, 0.3) is 0 Å². The van der Waals surface area contributed by atoms with Crippen LogP contribution in [0.1, 0.15) is 68.9 Å². The predicted octanol–water partition coefficient (Wildman–Crippen LogP) is 7.65. The molecule has 212 valence electrons. The van der Waals surface area contributed by atoms with Crippen molar-refractivity contribution in [3.8, 4) is 22.8 Å². The van der Waals surface area contributed by atoms with E-state index in [4.69, 9.17) is 25.8 Å². The molecule has 6 nitrogen and oxygen atoms in total. The van der Waals surface area contributed by atoms with Gasteiger partial charge in [-0.25, -0.2) is 4.98 Å². The molecule has 1 spiro atoms. The predicted molar refractivity (Wildman–Crippen MR) is 156 cm³/mol. The van der Waals surface area contributed by atoms with Crippen LogP contribution in [0.5, 0.6) is 11.6 Å². The summed E-state index contributed by atoms with van der Waals surface area (Å²) in [7, 11) is 3.31. The standard InChI is InChI=1S/C33H38ClNO5/c1-19-29(31(36)37)33(19)13-7-8-21-10-11-22(15-26(21)33)40-18-20-9-12-23(24-16-28(38-5)35-17-27(24)34)25(14-20)30(39-6)32(2,3)4/h9-12,14-17,19,29-30H,7-8,13,18H2,1-6H3,(H,36,37)/t19-,29-,30-,33-/m0/s1. The number of nitrogens with zero attached hydrogens (tertiary/aromatic N) is 1. The summed E-state index contributed by atoms with van der Waals surface area (Å²) in [6.45, 7) is 8.88. The molecule has 3 aromatic rings. The zero-order valence-corrected chi connectivity index (χ0v) is 24.8. The average Bonchev–Trinajstić information content (AvgIpc) is 3.51. The normalized spacial score (nSPS) is 22.5. The van der Waals surface area contributed by atoms with E-state index in [2.05, 4.69) is 56.9 Å². The lowest BCUT2D eigenvalue weighted by molar-refractivity contribution is -0.139. The number of aryl methyl sites for hydroxylation is 1. The van der Waals surface area contributed by atoms with Crippen LogP contribution in [0, 0.1) is 17.3 Å². The quantitative estimate of drug-likeness (QED) is 0.303. The number of halogens is 1. The molecular formula is C33H38ClNO5. The van der Waals surface area contributed by atoms with E-state index in [1.54, 1.807) is 20.4 Å². The van der Waals surface area contributed by atoms with E-state index in [1.165, 1.54) is 5.56 Å². The Labute approximate surface area is 241 Å². The Balaban J connectivity index is 1.47. The molecule has 0 aliphatic heterocycles. The summed E-state index contributed by atoms with van der Waals surface area (Å²) in [6.07, 6.45) is 4.33. The number of fused-ring (bicyclic) bond motifs is 2. The number of aromatic nitrogens is 1. The van der Waals surface area contributed by atoms with Crippen LogP contribution in [0.2, 0.25) is 5.02 Å². The Morgan fingerprint density at radius 1 is 1.15 bits per heavy atom. The van der Waals surface area contributed by atoms with Crippen molar-refractivity contribution >= 4 is 17.6 Å². The summed E-state index contributed by atoms with van der Waals surface area (Å²) >= 11 is 6.61. The Hall–Kier alpha value is -3.09. The fourth-order valence-corrected chi connectivity index (χ4v) is 7.08. The van der Waals surface area contributed by atoms with Crippen molar-refractivity contribution in [1.82, 2.24) is 4.98 Å². The Morgan fingerprint density at radius 2 is 1.93 bits per heavy atom. The molecule has 4 atom stereocenters. The number of hydrogen-bond donors (Lipinski definition) is 1.